The van der Waals surface area contributed by atoms with Gasteiger partial charge in [-0.1, -0.05) is 13.0 Å². The van der Waals surface area contributed by atoms with E-state index in [2.05, 4.69) is 9.88 Å². The smallest absolute Gasteiger partial charge is 0.159 e. The van der Waals surface area contributed by atoms with Gasteiger partial charge < -0.3 is 10.0 Å². The Balaban J connectivity index is 1.92. The van der Waals surface area contributed by atoms with Crippen molar-refractivity contribution in [1.82, 2.24) is 9.88 Å². The van der Waals surface area contributed by atoms with Crippen LogP contribution in [0.3, 0.4) is 0 Å². The van der Waals surface area contributed by atoms with E-state index in [4.69, 9.17) is 0 Å². The molecule has 0 amide bonds. The minimum absolute atomic E-state index is 0.382. The van der Waals surface area contributed by atoms with E-state index in [1.54, 1.807) is 12.4 Å². The second-order valence-electron chi connectivity index (χ2n) is 5.19. The average Bonchev–Trinajstić information content (AvgIpc) is 2.54. The molecular weight excluding hydrogens is 286 g/mol. The molecule has 1 N–H and O–H groups in total. The van der Waals surface area contributed by atoms with Gasteiger partial charge in [-0.2, -0.15) is 0 Å². The molecular formula is C17H20F2N2O. The van der Waals surface area contributed by atoms with Crippen molar-refractivity contribution >= 4 is 0 Å². The van der Waals surface area contributed by atoms with Crippen LogP contribution in [0.15, 0.2) is 42.7 Å². The topological polar surface area (TPSA) is 36.4 Å². The van der Waals surface area contributed by atoms with Crippen LogP contribution in [0.1, 0.15) is 24.2 Å². The Morgan fingerprint density at radius 2 is 1.86 bits per heavy atom. The van der Waals surface area contributed by atoms with Gasteiger partial charge in [0.15, 0.2) is 11.6 Å². The first-order valence-electron chi connectivity index (χ1n) is 7.34. The second-order valence-corrected chi connectivity index (χ2v) is 5.19. The van der Waals surface area contributed by atoms with Crippen LogP contribution < -0.4 is 0 Å². The lowest BCUT2D eigenvalue weighted by atomic mass is 10.1. The molecule has 2 aromatic rings. The average molecular weight is 306 g/mol. The number of rotatable bonds is 7. The van der Waals surface area contributed by atoms with Crippen LogP contribution in [0.4, 0.5) is 8.78 Å². The Labute approximate surface area is 129 Å². The third kappa shape index (κ3) is 4.58. The summed E-state index contributed by atoms with van der Waals surface area (Å²) >= 11 is 0. The molecule has 0 spiro atoms. The summed E-state index contributed by atoms with van der Waals surface area (Å²) in [6, 6.07) is 7.43. The number of aromatic nitrogens is 1. The zero-order chi connectivity index (χ0) is 15.9. The molecule has 0 bridgehead atoms. The number of likely N-dealkylation sites (N-methyl/N-ethyl adjacent to an activating group) is 1. The largest absolute Gasteiger partial charge is 0.387 e. The summed E-state index contributed by atoms with van der Waals surface area (Å²) in [5.74, 6) is -1.84. The van der Waals surface area contributed by atoms with Crippen LogP contribution in [-0.4, -0.2) is 34.6 Å². The Morgan fingerprint density at radius 3 is 2.50 bits per heavy atom. The van der Waals surface area contributed by atoms with Crippen LogP contribution in [0.25, 0.3) is 0 Å². The second kappa shape index (κ2) is 7.96. The molecule has 118 valence electrons. The Kier molecular flexibility index (Phi) is 5.98. The Hall–Kier alpha value is -1.85. The van der Waals surface area contributed by atoms with Crippen molar-refractivity contribution in [2.45, 2.75) is 19.4 Å². The van der Waals surface area contributed by atoms with E-state index in [1.165, 1.54) is 11.6 Å². The van der Waals surface area contributed by atoms with E-state index in [9.17, 15) is 13.9 Å². The molecule has 0 saturated carbocycles. The number of aliphatic hydroxyl groups excluding tert-OH is 1. The Morgan fingerprint density at radius 1 is 1.14 bits per heavy atom. The molecule has 1 atom stereocenters. The van der Waals surface area contributed by atoms with E-state index in [-0.39, 0.29) is 0 Å². The van der Waals surface area contributed by atoms with E-state index in [1.807, 2.05) is 19.1 Å². The Bertz CT molecular complexity index is 592. The van der Waals surface area contributed by atoms with Crippen molar-refractivity contribution in [1.29, 1.82) is 0 Å². The first-order valence-corrected chi connectivity index (χ1v) is 7.34. The number of hydrogen-bond donors (Lipinski definition) is 1. The van der Waals surface area contributed by atoms with Crippen molar-refractivity contribution in [3.63, 3.8) is 0 Å². The maximum absolute atomic E-state index is 13.2. The van der Waals surface area contributed by atoms with Gasteiger partial charge in [-0.05, 0) is 48.4 Å². The number of halogens is 2. The van der Waals surface area contributed by atoms with Gasteiger partial charge in [0.1, 0.15) is 0 Å². The number of benzene rings is 1. The highest BCUT2D eigenvalue weighted by molar-refractivity contribution is 5.20. The summed E-state index contributed by atoms with van der Waals surface area (Å²) in [6.07, 6.45) is 3.51. The fourth-order valence-electron chi connectivity index (χ4n) is 2.28. The summed E-state index contributed by atoms with van der Waals surface area (Å²) < 4.78 is 26.1. The van der Waals surface area contributed by atoms with Crippen LogP contribution in [0.5, 0.6) is 0 Å². The summed E-state index contributed by atoms with van der Waals surface area (Å²) in [4.78, 5) is 6.05. The van der Waals surface area contributed by atoms with Crippen LogP contribution in [0.2, 0.25) is 0 Å². The fraction of sp³-hybridized carbons (Fsp3) is 0.353. The van der Waals surface area contributed by atoms with Crippen molar-refractivity contribution < 1.29 is 13.9 Å². The minimum atomic E-state index is -0.934. The fourth-order valence-corrected chi connectivity index (χ4v) is 2.28. The number of hydrogen-bond acceptors (Lipinski definition) is 3. The SMILES string of the molecule is CCN(CCc1ccncc1)CC(O)c1ccc(F)c(F)c1. The summed E-state index contributed by atoms with van der Waals surface area (Å²) in [7, 11) is 0. The monoisotopic (exact) mass is 306 g/mol. The van der Waals surface area contributed by atoms with Gasteiger partial charge in [0.25, 0.3) is 0 Å². The predicted octanol–water partition coefficient (Wildman–Crippen LogP) is 2.96. The predicted molar refractivity (Wildman–Crippen MR) is 81.4 cm³/mol. The molecule has 0 radical (unpaired) electrons. The molecule has 22 heavy (non-hydrogen) atoms. The lowest BCUT2D eigenvalue weighted by molar-refractivity contribution is 0.116. The van der Waals surface area contributed by atoms with Gasteiger partial charge in [0, 0.05) is 25.5 Å². The molecule has 1 heterocycles. The summed E-state index contributed by atoms with van der Waals surface area (Å²) in [5.41, 5.74) is 1.57. The third-order valence-corrected chi connectivity index (χ3v) is 3.67. The molecule has 0 aliphatic heterocycles. The van der Waals surface area contributed by atoms with Gasteiger partial charge in [0.05, 0.1) is 6.10 Å². The quantitative estimate of drug-likeness (QED) is 0.854. The van der Waals surface area contributed by atoms with Gasteiger partial charge in [0.2, 0.25) is 0 Å². The zero-order valence-electron chi connectivity index (χ0n) is 12.5. The van der Waals surface area contributed by atoms with Crippen molar-refractivity contribution in [3.05, 3.63) is 65.5 Å². The molecule has 5 heteroatoms. The summed E-state index contributed by atoms with van der Waals surface area (Å²) in [5, 5.41) is 10.2. The maximum Gasteiger partial charge on any atom is 0.159 e. The number of nitrogens with zero attached hydrogens (tertiary/aromatic N) is 2. The highest BCUT2D eigenvalue weighted by Gasteiger charge is 2.14. The maximum atomic E-state index is 13.2. The first-order chi connectivity index (χ1) is 10.6. The highest BCUT2D eigenvalue weighted by Crippen LogP contribution is 2.17. The number of pyridine rings is 1. The van der Waals surface area contributed by atoms with Gasteiger partial charge in [-0.15, -0.1) is 0 Å². The van der Waals surface area contributed by atoms with E-state index in [0.29, 0.717) is 12.1 Å². The molecule has 0 saturated heterocycles. The molecule has 1 aromatic heterocycles. The molecule has 3 nitrogen and oxygen atoms in total. The van der Waals surface area contributed by atoms with Crippen LogP contribution in [0, 0.1) is 11.6 Å². The van der Waals surface area contributed by atoms with E-state index >= 15 is 0 Å². The normalized spacial score (nSPS) is 12.6. The van der Waals surface area contributed by atoms with Crippen LogP contribution in [-0.2, 0) is 6.42 Å². The zero-order valence-corrected chi connectivity index (χ0v) is 12.5. The first kappa shape index (κ1) is 16.5. The van der Waals surface area contributed by atoms with Gasteiger partial charge in [-0.3, -0.25) is 4.98 Å². The molecule has 1 aromatic carbocycles. The highest BCUT2D eigenvalue weighted by atomic mass is 19.2. The molecule has 0 aliphatic carbocycles. The van der Waals surface area contributed by atoms with Gasteiger partial charge >= 0.3 is 0 Å². The number of aliphatic hydroxyl groups is 1. The summed E-state index contributed by atoms with van der Waals surface area (Å²) in [6.45, 7) is 3.93. The van der Waals surface area contributed by atoms with Crippen molar-refractivity contribution in [3.8, 4) is 0 Å². The lowest BCUT2D eigenvalue weighted by Gasteiger charge is -2.24. The van der Waals surface area contributed by atoms with Crippen molar-refractivity contribution in [2.75, 3.05) is 19.6 Å². The van der Waals surface area contributed by atoms with Crippen molar-refractivity contribution in [2.24, 2.45) is 0 Å². The van der Waals surface area contributed by atoms with E-state index < -0.39 is 17.7 Å². The van der Waals surface area contributed by atoms with Crippen LogP contribution >= 0.6 is 0 Å². The minimum Gasteiger partial charge on any atom is -0.387 e. The third-order valence-electron chi connectivity index (χ3n) is 3.67. The standard InChI is InChI=1S/C17H20F2N2O/c1-2-21(10-7-13-5-8-20-9-6-13)12-17(22)14-3-4-15(18)16(19)11-14/h3-6,8-9,11,17,22H,2,7,10,12H2,1H3. The molecule has 0 fully saturated rings. The molecule has 2 rings (SSSR count). The lowest BCUT2D eigenvalue weighted by Crippen LogP contribution is -2.30. The molecule has 0 aliphatic rings. The molecule has 1 unspecified atom stereocenters. The van der Waals surface area contributed by atoms with E-state index in [0.717, 1.165) is 31.6 Å². The van der Waals surface area contributed by atoms with Gasteiger partial charge in [-0.25, -0.2) is 8.78 Å².